The molecule has 0 amide bonds. The Morgan fingerprint density at radius 3 is 3.05 bits per heavy atom. The first-order valence-electron chi connectivity index (χ1n) is 6.37. The summed E-state index contributed by atoms with van der Waals surface area (Å²) < 4.78 is 11.2. The number of aryl methyl sites for hydroxylation is 1. The molecule has 0 spiro atoms. The molecular weight excluding hydrogens is 276 g/mol. The number of nitrogens with zero attached hydrogens (tertiary/aromatic N) is 2. The van der Waals surface area contributed by atoms with Gasteiger partial charge in [0.15, 0.2) is 6.61 Å². The molecule has 4 nitrogen and oxygen atoms in total. The molecule has 0 atom stereocenters. The molecule has 0 aliphatic rings. The lowest BCUT2D eigenvalue weighted by atomic mass is 10.2. The lowest BCUT2D eigenvalue weighted by Gasteiger charge is -2.04. The number of ether oxygens (including phenoxy) is 1. The van der Waals surface area contributed by atoms with Gasteiger partial charge in [0.05, 0.1) is 5.02 Å². The van der Waals surface area contributed by atoms with Crippen LogP contribution in [0.5, 0.6) is 5.75 Å². The zero-order valence-electron chi connectivity index (χ0n) is 11.0. The smallest absolute Gasteiger partial charge is 0.247 e. The molecular formula is C15H13ClN2O2. The molecule has 3 aromatic rings. The van der Waals surface area contributed by atoms with Gasteiger partial charge in [0.25, 0.3) is 0 Å². The fraction of sp³-hybridized carbons (Fsp3) is 0.200. The van der Waals surface area contributed by atoms with E-state index in [4.69, 9.17) is 20.8 Å². The number of fused-ring (bicyclic) bond motifs is 1. The third-order valence-corrected chi connectivity index (χ3v) is 3.13. The van der Waals surface area contributed by atoms with E-state index in [1.807, 2.05) is 18.2 Å². The average Bonchev–Trinajstić information content (AvgIpc) is 2.87. The molecule has 0 bridgehead atoms. The maximum atomic E-state index is 5.86. The monoisotopic (exact) mass is 288 g/mol. The van der Waals surface area contributed by atoms with E-state index in [1.54, 1.807) is 6.07 Å². The van der Waals surface area contributed by atoms with Gasteiger partial charge in [-0.3, -0.25) is 0 Å². The minimum absolute atomic E-state index is 0.265. The topological polar surface area (TPSA) is 48.2 Å². The number of benzene rings is 1. The summed E-state index contributed by atoms with van der Waals surface area (Å²) >= 11 is 5.86. The van der Waals surface area contributed by atoms with Crippen LogP contribution in [0.15, 0.2) is 40.9 Å². The van der Waals surface area contributed by atoms with Gasteiger partial charge in [-0.1, -0.05) is 30.7 Å². The fourth-order valence-corrected chi connectivity index (χ4v) is 2.06. The Hall–Kier alpha value is -2.07. The Morgan fingerprint density at radius 2 is 2.20 bits per heavy atom. The van der Waals surface area contributed by atoms with Gasteiger partial charge in [0.1, 0.15) is 11.3 Å². The minimum Gasteiger partial charge on any atom is -0.484 e. The van der Waals surface area contributed by atoms with Crippen molar-refractivity contribution >= 4 is 22.8 Å². The zero-order chi connectivity index (χ0) is 13.9. The van der Waals surface area contributed by atoms with Crippen LogP contribution in [-0.2, 0) is 13.0 Å². The Bertz CT molecular complexity index is 740. The van der Waals surface area contributed by atoms with Crippen LogP contribution in [0.3, 0.4) is 0 Å². The van der Waals surface area contributed by atoms with Gasteiger partial charge in [0, 0.05) is 6.20 Å². The number of aromatic nitrogens is 2. The van der Waals surface area contributed by atoms with Crippen LogP contribution in [0, 0.1) is 0 Å². The highest BCUT2D eigenvalue weighted by molar-refractivity contribution is 6.30. The number of rotatable bonds is 4. The van der Waals surface area contributed by atoms with Gasteiger partial charge in [-0.25, -0.2) is 9.97 Å². The van der Waals surface area contributed by atoms with Crippen molar-refractivity contribution in [2.75, 3.05) is 0 Å². The molecule has 20 heavy (non-hydrogen) atoms. The highest BCUT2D eigenvalue weighted by Crippen LogP contribution is 2.19. The van der Waals surface area contributed by atoms with Crippen molar-refractivity contribution in [3.8, 4) is 5.75 Å². The molecule has 0 radical (unpaired) electrons. The van der Waals surface area contributed by atoms with Crippen molar-refractivity contribution in [1.29, 1.82) is 0 Å². The van der Waals surface area contributed by atoms with Crippen LogP contribution < -0.4 is 4.74 Å². The summed E-state index contributed by atoms with van der Waals surface area (Å²) in [5, 5.41) is 0.536. The lowest BCUT2D eigenvalue weighted by Crippen LogP contribution is -1.95. The Labute approximate surface area is 121 Å². The number of hydrogen-bond acceptors (Lipinski definition) is 4. The average molecular weight is 289 g/mol. The van der Waals surface area contributed by atoms with Crippen molar-refractivity contribution in [2.24, 2.45) is 0 Å². The molecule has 0 N–H and O–H groups in total. The third-order valence-electron chi connectivity index (χ3n) is 2.93. The molecule has 2 aromatic heterocycles. The molecule has 102 valence electrons. The van der Waals surface area contributed by atoms with Crippen molar-refractivity contribution in [3.63, 3.8) is 0 Å². The summed E-state index contributed by atoms with van der Waals surface area (Å²) in [5.41, 5.74) is 2.34. The molecule has 3 rings (SSSR count). The van der Waals surface area contributed by atoms with Crippen LogP contribution in [0.2, 0.25) is 5.02 Å². The summed E-state index contributed by atoms with van der Waals surface area (Å²) in [6.07, 6.45) is 2.51. The molecule has 0 fully saturated rings. The van der Waals surface area contributed by atoms with E-state index in [9.17, 15) is 0 Å². The molecule has 0 aliphatic carbocycles. The van der Waals surface area contributed by atoms with Crippen LogP contribution in [0.4, 0.5) is 0 Å². The Kier molecular flexibility index (Phi) is 3.56. The molecule has 0 unspecified atom stereocenters. The van der Waals surface area contributed by atoms with Gasteiger partial charge in [0.2, 0.25) is 11.6 Å². The summed E-state index contributed by atoms with van der Waals surface area (Å²) in [6, 6.07) is 9.68. The summed E-state index contributed by atoms with van der Waals surface area (Å²) in [7, 11) is 0. The number of oxazole rings is 1. The fourth-order valence-electron chi connectivity index (χ4n) is 1.91. The molecule has 0 aliphatic heterocycles. The van der Waals surface area contributed by atoms with E-state index >= 15 is 0 Å². The molecule has 0 saturated carbocycles. The predicted molar refractivity (Wildman–Crippen MR) is 77.0 cm³/mol. The lowest BCUT2D eigenvalue weighted by molar-refractivity contribution is 0.266. The molecule has 1 aromatic carbocycles. The van der Waals surface area contributed by atoms with E-state index in [-0.39, 0.29) is 6.61 Å². The van der Waals surface area contributed by atoms with Crippen LogP contribution >= 0.6 is 11.6 Å². The maximum absolute atomic E-state index is 5.86. The van der Waals surface area contributed by atoms with Crippen LogP contribution in [0.1, 0.15) is 18.4 Å². The van der Waals surface area contributed by atoms with Gasteiger partial charge >= 0.3 is 0 Å². The second-order valence-corrected chi connectivity index (χ2v) is 4.81. The van der Waals surface area contributed by atoms with E-state index < -0.39 is 0 Å². The highest BCUT2D eigenvalue weighted by Gasteiger charge is 2.08. The molecule has 0 saturated heterocycles. The number of pyridine rings is 1. The number of hydrogen-bond donors (Lipinski definition) is 0. The first-order valence-corrected chi connectivity index (χ1v) is 6.75. The second kappa shape index (κ2) is 5.51. The maximum Gasteiger partial charge on any atom is 0.247 e. The number of halogens is 1. The third kappa shape index (κ3) is 2.75. The Balaban J connectivity index is 1.76. The first kappa shape index (κ1) is 12.9. The van der Waals surface area contributed by atoms with E-state index in [2.05, 4.69) is 23.0 Å². The largest absolute Gasteiger partial charge is 0.484 e. The van der Waals surface area contributed by atoms with Gasteiger partial charge in [-0.05, 0) is 30.2 Å². The molecule has 2 heterocycles. The highest BCUT2D eigenvalue weighted by atomic mass is 35.5. The van der Waals surface area contributed by atoms with Crippen LogP contribution in [-0.4, -0.2) is 9.97 Å². The van der Waals surface area contributed by atoms with Gasteiger partial charge in [-0.15, -0.1) is 0 Å². The quantitative estimate of drug-likeness (QED) is 0.727. The zero-order valence-corrected chi connectivity index (χ0v) is 11.7. The first-order chi connectivity index (χ1) is 9.74. The predicted octanol–water partition coefficient (Wildman–Crippen LogP) is 4.02. The van der Waals surface area contributed by atoms with Gasteiger partial charge < -0.3 is 9.15 Å². The van der Waals surface area contributed by atoms with Crippen LogP contribution in [0.25, 0.3) is 11.2 Å². The summed E-state index contributed by atoms with van der Waals surface area (Å²) in [5.74, 6) is 1.29. The van der Waals surface area contributed by atoms with Crippen molar-refractivity contribution < 1.29 is 9.15 Å². The summed E-state index contributed by atoms with van der Waals surface area (Å²) in [4.78, 5) is 8.36. The summed E-state index contributed by atoms with van der Waals surface area (Å²) in [6.45, 7) is 2.37. The Morgan fingerprint density at radius 1 is 1.30 bits per heavy atom. The van der Waals surface area contributed by atoms with Crippen molar-refractivity contribution in [1.82, 2.24) is 9.97 Å². The van der Waals surface area contributed by atoms with Crippen molar-refractivity contribution in [3.05, 3.63) is 53.0 Å². The van der Waals surface area contributed by atoms with E-state index in [1.165, 1.54) is 11.8 Å². The van der Waals surface area contributed by atoms with Crippen molar-refractivity contribution in [2.45, 2.75) is 20.0 Å². The SMILES string of the molecule is CCc1cccc(OCc2nc3cc(Cl)cnc3o2)c1. The minimum atomic E-state index is 0.265. The molecule has 5 heteroatoms. The normalized spacial score (nSPS) is 10.9. The van der Waals surface area contributed by atoms with E-state index in [0.29, 0.717) is 22.1 Å². The standard InChI is InChI=1S/C15H13ClN2O2/c1-2-10-4-3-5-12(6-10)19-9-14-18-13-7-11(16)8-17-15(13)20-14/h3-8H,2,9H2,1H3. The van der Waals surface area contributed by atoms with E-state index in [0.717, 1.165) is 12.2 Å². The van der Waals surface area contributed by atoms with Gasteiger partial charge in [-0.2, -0.15) is 0 Å². The second-order valence-electron chi connectivity index (χ2n) is 4.38.